The third kappa shape index (κ3) is 5.64. The predicted molar refractivity (Wildman–Crippen MR) is 90.8 cm³/mol. The van der Waals surface area contributed by atoms with Gasteiger partial charge >= 0.3 is 0 Å². The van der Waals surface area contributed by atoms with Gasteiger partial charge in [0.05, 0.1) is 4.90 Å². The molecule has 1 rings (SSSR count). The minimum Gasteiger partial charge on any atom is -0.211 e. The van der Waals surface area contributed by atoms with Crippen molar-refractivity contribution in [2.45, 2.75) is 31.1 Å². The fourth-order valence-corrected chi connectivity index (χ4v) is 4.82. The van der Waals surface area contributed by atoms with Crippen LogP contribution in [0.25, 0.3) is 0 Å². The van der Waals surface area contributed by atoms with Gasteiger partial charge in [0.15, 0.2) is 0 Å². The lowest BCUT2D eigenvalue weighted by Gasteiger charge is -2.16. The Hall–Kier alpha value is 0.380. The van der Waals surface area contributed by atoms with E-state index in [4.69, 9.17) is 11.6 Å². The highest BCUT2D eigenvalue weighted by molar-refractivity contribution is 9.11. The monoisotopic (exact) mass is 445 g/mol. The highest BCUT2D eigenvalue weighted by Crippen LogP contribution is 2.25. The number of hydrogen-bond donors (Lipinski definition) is 1. The van der Waals surface area contributed by atoms with Crippen LogP contribution in [0.15, 0.2) is 32.0 Å². The smallest absolute Gasteiger partial charge is 0.211 e. The Morgan fingerprint density at radius 3 is 2.60 bits per heavy atom. The van der Waals surface area contributed by atoms with Crippen LogP contribution in [0.5, 0.6) is 0 Å². The van der Waals surface area contributed by atoms with Gasteiger partial charge in [0, 0.05) is 21.4 Å². The van der Waals surface area contributed by atoms with Crippen molar-refractivity contribution in [2.24, 2.45) is 5.92 Å². The topological polar surface area (TPSA) is 46.2 Å². The molecule has 20 heavy (non-hydrogen) atoms. The number of benzene rings is 1. The molecular formula is C13H18Br2ClNO2S. The van der Waals surface area contributed by atoms with Crippen LogP contribution in [0.3, 0.4) is 0 Å². The molecule has 0 aliphatic heterocycles. The lowest BCUT2D eigenvalue weighted by molar-refractivity contribution is 0.457. The van der Waals surface area contributed by atoms with Crippen molar-refractivity contribution < 1.29 is 8.42 Å². The van der Waals surface area contributed by atoms with E-state index in [0.29, 0.717) is 16.9 Å². The molecule has 1 aromatic rings. The van der Waals surface area contributed by atoms with Gasteiger partial charge in [0.25, 0.3) is 0 Å². The van der Waals surface area contributed by atoms with Gasteiger partial charge in [0.1, 0.15) is 0 Å². The number of hydrogen-bond acceptors (Lipinski definition) is 2. The van der Waals surface area contributed by atoms with Crippen LogP contribution < -0.4 is 4.72 Å². The molecule has 0 saturated carbocycles. The van der Waals surface area contributed by atoms with Crippen molar-refractivity contribution in [3.05, 3.63) is 27.1 Å². The maximum absolute atomic E-state index is 12.3. The van der Waals surface area contributed by atoms with E-state index in [2.05, 4.69) is 43.5 Å². The first kappa shape index (κ1) is 18.4. The van der Waals surface area contributed by atoms with E-state index >= 15 is 0 Å². The van der Waals surface area contributed by atoms with E-state index < -0.39 is 10.0 Å². The Bertz CT molecular complexity index is 531. The molecule has 0 bridgehead atoms. The van der Waals surface area contributed by atoms with E-state index in [1.807, 2.05) is 0 Å². The normalized spacial score (nSPS) is 13.4. The third-order valence-corrected chi connectivity index (χ3v) is 6.09. The van der Waals surface area contributed by atoms with Gasteiger partial charge in [-0.25, -0.2) is 13.1 Å². The molecule has 1 atom stereocenters. The first-order valence-corrected chi connectivity index (χ1v) is 10.0. The molecule has 0 aliphatic rings. The average Bonchev–Trinajstić information content (AvgIpc) is 2.39. The molecule has 0 aromatic heterocycles. The van der Waals surface area contributed by atoms with Crippen molar-refractivity contribution in [2.75, 3.05) is 12.4 Å². The van der Waals surface area contributed by atoms with E-state index in [1.54, 1.807) is 18.2 Å². The number of rotatable bonds is 8. The summed E-state index contributed by atoms with van der Waals surface area (Å²) in [6, 6.07) is 5.08. The summed E-state index contributed by atoms with van der Waals surface area (Å²) < 4.78 is 28.6. The fraction of sp³-hybridized carbons (Fsp3) is 0.538. The highest BCUT2D eigenvalue weighted by atomic mass is 79.9. The van der Waals surface area contributed by atoms with Gasteiger partial charge < -0.3 is 0 Å². The minimum absolute atomic E-state index is 0.244. The van der Waals surface area contributed by atoms with Crippen molar-refractivity contribution >= 4 is 53.5 Å². The molecule has 1 unspecified atom stereocenters. The van der Waals surface area contributed by atoms with E-state index in [0.717, 1.165) is 23.7 Å². The molecule has 1 aromatic carbocycles. The minimum atomic E-state index is -3.52. The Balaban J connectivity index is 2.81. The summed E-state index contributed by atoms with van der Waals surface area (Å²) in [4.78, 5) is 0.244. The first-order chi connectivity index (χ1) is 9.40. The summed E-state index contributed by atoms with van der Waals surface area (Å²) in [5.74, 6) is 0.825. The van der Waals surface area contributed by atoms with E-state index in [9.17, 15) is 8.42 Å². The number of halogens is 3. The van der Waals surface area contributed by atoms with Crippen molar-refractivity contribution in [3.63, 3.8) is 0 Å². The summed E-state index contributed by atoms with van der Waals surface area (Å²) in [7, 11) is -3.52. The van der Waals surface area contributed by atoms with Gasteiger partial charge in [-0.1, -0.05) is 29.3 Å². The van der Waals surface area contributed by atoms with Crippen molar-refractivity contribution in [1.29, 1.82) is 0 Å². The van der Waals surface area contributed by atoms with Gasteiger partial charge in [-0.3, -0.25) is 0 Å². The van der Waals surface area contributed by atoms with Crippen LogP contribution in [0.1, 0.15) is 26.2 Å². The zero-order valence-corrected chi connectivity index (χ0v) is 15.9. The summed E-state index contributed by atoms with van der Waals surface area (Å²) >= 11 is 12.3. The molecule has 7 heteroatoms. The molecule has 0 amide bonds. The highest BCUT2D eigenvalue weighted by Gasteiger charge is 2.19. The number of sulfonamides is 1. The van der Waals surface area contributed by atoms with E-state index in [-0.39, 0.29) is 10.8 Å². The molecular weight excluding hydrogens is 429 g/mol. The standard InChI is InChI=1S/C13H18Br2ClNO2S/c1-2-3-10(6-7-16)9-17-20(18,19)13-8-11(14)4-5-12(13)15/h4-5,8,10,17H,2-3,6-7,9H2,1H3. The zero-order valence-electron chi connectivity index (χ0n) is 11.2. The van der Waals surface area contributed by atoms with Crippen LogP contribution in [-0.2, 0) is 10.0 Å². The molecule has 1 N–H and O–H groups in total. The molecule has 0 saturated heterocycles. The molecule has 0 aliphatic carbocycles. The predicted octanol–water partition coefficient (Wildman–Crippen LogP) is 4.54. The summed E-state index contributed by atoms with van der Waals surface area (Å²) in [5, 5.41) is 0. The Morgan fingerprint density at radius 1 is 1.30 bits per heavy atom. The lowest BCUT2D eigenvalue weighted by Crippen LogP contribution is -2.30. The Labute approximate surface area is 142 Å². The van der Waals surface area contributed by atoms with Crippen molar-refractivity contribution in [1.82, 2.24) is 4.72 Å². The second-order valence-electron chi connectivity index (χ2n) is 4.56. The lowest BCUT2D eigenvalue weighted by atomic mass is 10.0. The van der Waals surface area contributed by atoms with Gasteiger partial charge in [-0.15, -0.1) is 11.6 Å². The second kappa shape index (κ2) is 8.73. The van der Waals surface area contributed by atoms with Crippen molar-refractivity contribution in [3.8, 4) is 0 Å². The molecule has 114 valence electrons. The maximum atomic E-state index is 12.3. The number of alkyl halides is 1. The first-order valence-electron chi connectivity index (χ1n) is 6.41. The van der Waals surface area contributed by atoms with Crippen LogP contribution in [-0.4, -0.2) is 20.8 Å². The van der Waals surface area contributed by atoms with Gasteiger partial charge in [-0.2, -0.15) is 0 Å². The van der Waals surface area contributed by atoms with Crippen LogP contribution in [0.4, 0.5) is 0 Å². The molecule has 3 nitrogen and oxygen atoms in total. The zero-order chi connectivity index (χ0) is 15.2. The molecule has 0 spiro atoms. The molecule has 0 fully saturated rings. The quantitative estimate of drug-likeness (QED) is 0.595. The van der Waals surface area contributed by atoms with Gasteiger partial charge in [0.2, 0.25) is 10.0 Å². The average molecular weight is 448 g/mol. The molecule has 0 heterocycles. The van der Waals surface area contributed by atoms with Crippen LogP contribution in [0, 0.1) is 5.92 Å². The third-order valence-electron chi connectivity index (χ3n) is 2.96. The fourth-order valence-electron chi connectivity index (χ4n) is 1.90. The van der Waals surface area contributed by atoms with Gasteiger partial charge in [-0.05, 0) is 52.9 Å². The van der Waals surface area contributed by atoms with Crippen LogP contribution >= 0.6 is 43.5 Å². The second-order valence-corrected chi connectivity index (χ2v) is 8.44. The largest absolute Gasteiger partial charge is 0.241 e. The molecule has 0 radical (unpaired) electrons. The summed E-state index contributed by atoms with van der Waals surface area (Å²) in [6.07, 6.45) is 2.80. The Kier molecular flexibility index (Phi) is 8.05. The number of nitrogens with one attached hydrogen (secondary N) is 1. The summed E-state index contributed by atoms with van der Waals surface area (Å²) in [5.41, 5.74) is 0. The van der Waals surface area contributed by atoms with E-state index in [1.165, 1.54) is 0 Å². The Morgan fingerprint density at radius 2 is 2.00 bits per heavy atom. The maximum Gasteiger partial charge on any atom is 0.241 e. The summed E-state index contributed by atoms with van der Waals surface area (Å²) in [6.45, 7) is 2.50. The van der Waals surface area contributed by atoms with Crippen LogP contribution in [0.2, 0.25) is 0 Å². The SMILES string of the molecule is CCCC(CCCl)CNS(=O)(=O)c1cc(Br)ccc1Br.